The Kier molecular flexibility index (Phi) is 4.60. The number of thioether (sulfide) groups is 2. The monoisotopic (exact) mass is 252 g/mol. The molecule has 1 N–H and O–H groups in total. The summed E-state index contributed by atoms with van der Waals surface area (Å²) in [7, 11) is 0. The molecule has 0 radical (unpaired) electrons. The fourth-order valence-corrected chi connectivity index (χ4v) is 2.77. The minimum Gasteiger partial charge on any atom is -0.365 e. The summed E-state index contributed by atoms with van der Waals surface area (Å²) in [6, 6.07) is 8.75. The first-order valence-corrected chi connectivity index (χ1v) is 7.63. The zero-order chi connectivity index (χ0) is 11.2. The van der Waals surface area contributed by atoms with Crippen LogP contribution in [0.15, 0.2) is 34.2 Å². The second-order valence-corrected chi connectivity index (χ2v) is 5.45. The van der Waals surface area contributed by atoms with Gasteiger partial charge in [-0.25, -0.2) is 0 Å². The molecule has 0 bridgehead atoms. The van der Waals surface area contributed by atoms with Gasteiger partial charge in [-0.15, -0.1) is 11.8 Å². The molecule has 0 saturated heterocycles. The standard InChI is InChI=1S/C12H16N2S2/c1-15-11-5-3-10(4-6-11)9-16-12-13-7-2-8-14-12/h3-6H,2,7-9H2,1H3,(H,13,14). The molecule has 0 unspecified atom stereocenters. The van der Waals surface area contributed by atoms with Gasteiger partial charge in [-0.2, -0.15) is 0 Å². The van der Waals surface area contributed by atoms with Gasteiger partial charge < -0.3 is 5.32 Å². The molecular formula is C12H16N2S2. The smallest absolute Gasteiger partial charge is 0.156 e. The van der Waals surface area contributed by atoms with Crippen LogP contribution in [0.3, 0.4) is 0 Å². The van der Waals surface area contributed by atoms with Crippen molar-refractivity contribution in [3.8, 4) is 0 Å². The van der Waals surface area contributed by atoms with Crippen LogP contribution in [-0.4, -0.2) is 24.5 Å². The van der Waals surface area contributed by atoms with Crippen molar-refractivity contribution in [2.75, 3.05) is 19.3 Å². The summed E-state index contributed by atoms with van der Waals surface area (Å²) >= 11 is 3.58. The molecule has 0 saturated carbocycles. The van der Waals surface area contributed by atoms with Gasteiger partial charge in [0, 0.05) is 23.7 Å². The summed E-state index contributed by atoms with van der Waals surface area (Å²) in [5.41, 5.74) is 1.36. The number of hydrogen-bond donors (Lipinski definition) is 1. The first kappa shape index (κ1) is 11.9. The summed E-state index contributed by atoms with van der Waals surface area (Å²) in [5.74, 6) is 1.00. The molecule has 1 aromatic rings. The molecule has 16 heavy (non-hydrogen) atoms. The fraction of sp³-hybridized carbons (Fsp3) is 0.417. The average molecular weight is 252 g/mol. The first-order valence-electron chi connectivity index (χ1n) is 5.42. The van der Waals surface area contributed by atoms with Gasteiger partial charge in [-0.05, 0) is 30.4 Å². The molecule has 2 rings (SSSR count). The lowest BCUT2D eigenvalue weighted by atomic mass is 10.2. The Hall–Kier alpha value is -0.610. The van der Waals surface area contributed by atoms with Gasteiger partial charge in [-0.1, -0.05) is 23.9 Å². The van der Waals surface area contributed by atoms with Crippen LogP contribution in [0.5, 0.6) is 0 Å². The molecule has 1 aliphatic heterocycles. The van der Waals surface area contributed by atoms with Crippen molar-refractivity contribution in [1.29, 1.82) is 0 Å². The quantitative estimate of drug-likeness (QED) is 0.837. The van der Waals surface area contributed by atoms with Crippen LogP contribution >= 0.6 is 23.5 Å². The van der Waals surface area contributed by atoms with Crippen LogP contribution in [0.1, 0.15) is 12.0 Å². The molecule has 0 amide bonds. The minimum absolute atomic E-state index is 0.973. The number of amidine groups is 1. The van der Waals surface area contributed by atoms with Crippen molar-refractivity contribution < 1.29 is 0 Å². The zero-order valence-corrected chi connectivity index (χ0v) is 11.0. The van der Waals surface area contributed by atoms with E-state index in [0.29, 0.717) is 0 Å². The highest BCUT2D eigenvalue weighted by atomic mass is 32.2. The van der Waals surface area contributed by atoms with Crippen molar-refractivity contribution >= 4 is 28.7 Å². The van der Waals surface area contributed by atoms with E-state index in [9.17, 15) is 0 Å². The molecule has 1 aromatic carbocycles. The second-order valence-electron chi connectivity index (χ2n) is 3.60. The van der Waals surface area contributed by atoms with Crippen LogP contribution < -0.4 is 5.32 Å². The van der Waals surface area contributed by atoms with E-state index < -0.39 is 0 Å². The molecule has 0 aliphatic carbocycles. The summed E-state index contributed by atoms with van der Waals surface area (Å²) in [5, 5.41) is 4.42. The van der Waals surface area contributed by atoms with Gasteiger partial charge in [0.15, 0.2) is 5.17 Å². The fourth-order valence-electron chi connectivity index (χ4n) is 1.48. The SMILES string of the molecule is CSc1ccc(CSC2=NCCCN2)cc1. The third kappa shape index (κ3) is 3.46. The molecule has 86 valence electrons. The average Bonchev–Trinajstić information content (AvgIpc) is 2.38. The number of hydrogen-bond acceptors (Lipinski definition) is 4. The molecule has 4 heteroatoms. The number of benzene rings is 1. The normalized spacial score (nSPS) is 15.4. The zero-order valence-electron chi connectivity index (χ0n) is 9.40. The van der Waals surface area contributed by atoms with Gasteiger partial charge in [0.1, 0.15) is 0 Å². The highest BCUT2D eigenvalue weighted by Gasteiger charge is 2.04. The van der Waals surface area contributed by atoms with Crippen molar-refractivity contribution in [3.05, 3.63) is 29.8 Å². The van der Waals surface area contributed by atoms with Gasteiger partial charge in [0.05, 0.1) is 0 Å². The van der Waals surface area contributed by atoms with Crippen LogP contribution in [0.2, 0.25) is 0 Å². The van der Waals surface area contributed by atoms with Crippen LogP contribution in [0, 0.1) is 0 Å². The summed E-state index contributed by atoms with van der Waals surface area (Å²) in [4.78, 5) is 5.76. The Labute approximate surface area is 105 Å². The highest BCUT2D eigenvalue weighted by molar-refractivity contribution is 8.13. The molecule has 0 fully saturated rings. The molecule has 0 spiro atoms. The predicted octanol–water partition coefficient (Wildman–Crippen LogP) is 2.99. The Bertz CT molecular complexity index is 360. The topological polar surface area (TPSA) is 24.4 Å². The molecular weight excluding hydrogens is 236 g/mol. The van der Waals surface area contributed by atoms with E-state index in [2.05, 4.69) is 40.8 Å². The van der Waals surface area contributed by atoms with E-state index in [0.717, 1.165) is 30.4 Å². The first-order chi connectivity index (χ1) is 7.88. The molecule has 1 heterocycles. The van der Waals surface area contributed by atoms with Gasteiger partial charge in [0.25, 0.3) is 0 Å². The van der Waals surface area contributed by atoms with Crippen LogP contribution in [-0.2, 0) is 5.75 Å². The minimum atomic E-state index is 0.973. The van der Waals surface area contributed by atoms with E-state index in [1.165, 1.54) is 10.5 Å². The Morgan fingerprint density at radius 3 is 2.75 bits per heavy atom. The van der Waals surface area contributed by atoms with E-state index in [1.807, 2.05) is 0 Å². The van der Waals surface area contributed by atoms with E-state index in [4.69, 9.17) is 0 Å². The largest absolute Gasteiger partial charge is 0.365 e. The highest BCUT2D eigenvalue weighted by Crippen LogP contribution is 2.18. The van der Waals surface area contributed by atoms with E-state index in [1.54, 1.807) is 23.5 Å². The third-order valence-electron chi connectivity index (χ3n) is 2.40. The molecule has 0 aromatic heterocycles. The summed E-state index contributed by atoms with van der Waals surface area (Å²) in [6.45, 7) is 2.04. The molecule has 0 atom stereocenters. The predicted molar refractivity (Wildman–Crippen MR) is 74.4 cm³/mol. The van der Waals surface area contributed by atoms with Gasteiger partial charge >= 0.3 is 0 Å². The van der Waals surface area contributed by atoms with Crippen molar-refractivity contribution in [2.24, 2.45) is 4.99 Å². The number of aliphatic imine (C=N–C) groups is 1. The second kappa shape index (κ2) is 6.21. The Morgan fingerprint density at radius 2 is 2.12 bits per heavy atom. The lowest BCUT2D eigenvalue weighted by Gasteiger charge is -2.13. The maximum Gasteiger partial charge on any atom is 0.156 e. The summed E-state index contributed by atoms with van der Waals surface area (Å²) < 4.78 is 0. The Balaban J connectivity index is 1.86. The molecule has 1 aliphatic rings. The van der Waals surface area contributed by atoms with E-state index in [-0.39, 0.29) is 0 Å². The van der Waals surface area contributed by atoms with Gasteiger partial charge in [-0.3, -0.25) is 4.99 Å². The lowest BCUT2D eigenvalue weighted by Crippen LogP contribution is -2.26. The summed E-state index contributed by atoms with van der Waals surface area (Å²) in [6.07, 6.45) is 3.26. The van der Waals surface area contributed by atoms with Crippen molar-refractivity contribution in [1.82, 2.24) is 5.32 Å². The number of nitrogens with zero attached hydrogens (tertiary/aromatic N) is 1. The Morgan fingerprint density at radius 1 is 1.31 bits per heavy atom. The van der Waals surface area contributed by atoms with Crippen LogP contribution in [0.25, 0.3) is 0 Å². The maximum absolute atomic E-state index is 4.44. The third-order valence-corrected chi connectivity index (χ3v) is 4.17. The van der Waals surface area contributed by atoms with Crippen LogP contribution in [0.4, 0.5) is 0 Å². The van der Waals surface area contributed by atoms with Crippen molar-refractivity contribution in [3.63, 3.8) is 0 Å². The number of nitrogens with one attached hydrogen (secondary N) is 1. The molecule has 2 nitrogen and oxygen atoms in total. The van der Waals surface area contributed by atoms with Crippen molar-refractivity contribution in [2.45, 2.75) is 17.1 Å². The van der Waals surface area contributed by atoms with E-state index >= 15 is 0 Å². The van der Waals surface area contributed by atoms with Gasteiger partial charge in [0.2, 0.25) is 0 Å². The number of rotatable bonds is 3. The lowest BCUT2D eigenvalue weighted by molar-refractivity contribution is 0.751. The maximum atomic E-state index is 4.44.